The second-order valence-corrected chi connectivity index (χ2v) is 6.22. The van der Waals surface area contributed by atoms with E-state index in [9.17, 15) is 9.59 Å². The van der Waals surface area contributed by atoms with Gasteiger partial charge in [-0.25, -0.2) is 9.59 Å². The molecule has 5 nitrogen and oxygen atoms in total. The van der Waals surface area contributed by atoms with Crippen LogP contribution in [0, 0.1) is 0 Å². The first-order valence-electron chi connectivity index (χ1n) is 8.10. The van der Waals surface area contributed by atoms with E-state index in [4.69, 9.17) is 15.2 Å². The van der Waals surface area contributed by atoms with Crippen molar-refractivity contribution in [3.63, 3.8) is 0 Å². The minimum atomic E-state index is -0.654. The van der Waals surface area contributed by atoms with Crippen LogP contribution < -0.4 is 10.5 Å². The minimum absolute atomic E-state index is 0.344. The van der Waals surface area contributed by atoms with Crippen molar-refractivity contribution in [2.75, 3.05) is 5.73 Å². The van der Waals surface area contributed by atoms with Crippen LogP contribution in [-0.4, -0.2) is 11.9 Å². The molecule has 0 fully saturated rings. The van der Waals surface area contributed by atoms with E-state index in [-0.39, 0.29) is 0 Å². The lowest BCUT2D eigenvalue weighted by molar-refractivity contribution is 0.0391. The molecule has 132 valence electrons. The van der Waals surface area contributed by atoms with Crippen LogP contribution >= 0.6 is 15.9 Å². The van der Waals surface area contributed by atoms with Crippen molar-refractivity contribution < 1.29 is 19.1 Å². The molecule has 1 aliphatic rings. The van der Waals surface area contributed by atoms with Crippen LogP contribution in [0.3, 0.4) is 0 Å². The molecule has 2 N–H and O–H groups in total. The van der Waals surface area contributed by atoms with Crippen molar-refractivity contribution in [2.24, 2.45) is 0 Å². The molecule has 1 heterocycles. The second-order valence-electron chi connectivity index (χ2n) is 5.30. The Morgan fingerprint density at radius 2 is 1.58 bits per heavy atom. The summed E-state index contributed by atoms with van der Waals surface area (Å²) in [4.78, 5) is 23.9. The van der Waals surface area contributed by atoms with Gasteiger partial charge in [0, 0.05) is 15.2 Å². The van der Waals surface area contributed by atoms with E-state index in [2.05, 4.69) is 15.9 Å². The highest BCUT2D eigenvalue weighted by atomic mass is 79.9. The Kier molecular flexibility index (Phi) is 4.95. The molecular formula is C20H16BrNO4. The number of nitrogen functional groups attached to an aromatic ring is 1. The number of rotatable bonds is 2. The molecule has 6 heteroatoms. The lowest BCUT2D eigenvalue weighted by atomic mass is 9.96. The third-order valence-corrected chi connectivity index (χ3v) is 4.31. The first-order chi connectivity index (χ1) is 12.5. The maximum atomic E-state index is 11.9. The van der Waals surface area contributed by atoms with Gasteiger partial charge in [-0.05, 0) is 36.4 Å². The highest BCUT2D eigenvalue weighted by molar-refractivity contribution is 9.10. The number of nitrogens with two attached hydrogens (primary N) is 1. The van der Waals surface area contributed by atoms with E-state index in [1.54, 1.807) is 42.5 Å². The Balaban J connectivity index is 0.000000948. The van der Waals surface area contributed by atoms with Gasteiger partial charge in [0.25, 0.3) is 0 Å². The Labute approximate surface area is 158 Å². The van der Waals surface area contributed by atoms with Crippen LogP contribution in [-0.2, 0) is 4.74 Å². The van der Waals surface area contributed by atoms with Gasteiger partial charge in [-0.15, -0.1) is 0 Å². The van der Waals surface area contributed by atoms with Gasteiger partial charge in [-0.1, -0.05) is 41.9 Å². The van der Waals surface area contributed by atoms with Crippen LogP contribution in [0.5, 0.6) is 11.5 Å². The second kappa shape index (κ2) is 7.17. The van der Waals surface area contributed by atoms with Gasteiger partial charge in [-0.3, -0.25) is 0 Å². The topological polar surface area (TPSA) is 78.6 Å². The fraction of sp³-hybridized carbons (Fsp3) is 0.100. The molecule has 0 atom stereocenters. The fourth-order valence-corrected chi connectivity index (χ4v) is 3.11. The largest absolute Gasteiger partial charge is 0.455 e. The fourth-order valence-electron chi connectivity index (χ4n) is 2.73. The number of hydrogen-bond donors (Lipinski definition) is 1. The number of cyclic esters (lactones) is 2. The summed E-state index contributed by atoms with van der Waals surface area (Å²) in [7, 11) is 0. The van der Waals surface area contributed by atoms with Crippen molar-refractivity contribution >= 4 is 44.3 Å². The quantitative estimate of drug-likeness (QED) is 0.349. The predicted molar refractivity (Wildman–Crippen MR) is 104 cm³/mol. The zero-order valence-corrected chi connectivity index (χ0v) is 15.8. The Morgan fingerprint density at radius 3 is 2.27 bits per heavy atom. The number of ether oxygens (including phenoxy) is 2. The molecule has 3 aromatic rings. The summed E-state index contributed by atoms with van der Waals surface area (Å²) in [6.07, 6.45) is 0. The number of hydrogen-bond acceptors (Lipinski definition) is 5. The van der Waals surface area contributed by atoms with Crippen molar-refractivity contribution in [1.29, 1.82) is 0 Å². The average Bonchev–Trinajstić information content (AvgIpc) is 2.64. The highest BCUT2D eigenvalue weighted by Crippen LogP contribution is 2.38. The standard InChI is InChI=1S/C18H10BrNO4.C2H6/c19-9-4-6-15(13(20)8-9)23-14-7-5-12-16-10(14)2-1-3-11(16)17(21)24-18(12)22;1-2/h1-8H,20H2;1-2H3. The Bertz CT molecular complexity index is 1010. The van der Waals surface area contributed by atoms with Gasteiger partial charge < -0.3 is 15.2 Å². The molecule has 0 aromatic heterocycles. The van der Waals surface area contributed by atoms with Crippen LogP contribution in [0.4, 0.5) is 5.69 Å². The Morgan fingerprint density at radius 1 is 0.923 bits per heavy atom. The Hall–Kier alpha value is -2.86. The van der Waals surface area contributed by atoms with Crippen molar-refractivity contribution in [2.45, 2.75) is 13.8 Å². The lowest BCUT2D eigenvalue weighted by Gasteiger charge is -2.18. The summed E-state index contributed by atoms with van der Waals surface area (Å²) in [6, 6.07) is 13.7. The molecule has 26 heavy (non-hydrogen) atoms. The molecule has 0 saturated carbocycles. The summed E-state index contributed by atoms with van der Waals surface area (Å²) in [5.41, 5.74) is 7.13. The number of esters is 2. The van der Waals surface area contributed by atoms with Crippen LogP contribution in [0.2, 0.25) is 0 Å². The van der Waals surface area contributed by atoms with Gasteiger partial charge in [0.1, 0.15) is 11.5 Å². The van der Waals surface area contributed by atoms with E-state index >= 15 is 0 Å². The van der Waals surface area contributed by atoms with E-state index in [0.717, 1.165) is 4.47 Å². The average molecular weight is 414 g/mol. The molecule has 0 spiro atoms. The molecule has 1 aliphatic heterocycles. The number of benzene rings is 3. The van der Waals surface area contributed by atoms with E-state index in [1.165, 1.54) is 0 Å². The molecule has 0 aliphatic carbocycles. The summed E-state index contributed by atoms with van der Waals surface area (Å²) >= 11 is 3.35. The molecule has 0 radical (unpaired) electrons. The van der Waals surface area contributed by atoms with Gasteiger partial charge in [0.2, 0.25) is 0 Å². The van der Waals surface area contributed by atoms with Gasteiger partial charge >= 0.3 is 11.9 Å². The van der Waals surface area contributed by atoms with Crippen molar-refractivity contribution in [3.05, 3.63) is 64.1 Å². The SMILES string of the molecule is CC.Nc1cc(Br)ccc1Oc1ccc2c3c(cccc13)C(=O)OC2=O. The highest BCUT2D eigenvalue weighted by Gasteiger charge is 2.28. The van der Waals surface area contributed by atoms with E-state index in [1.807, 2.05) is 19.9 Å². The monoisotopic (exact) mass is 413 g/mol. The molecule has 0 amide bonds. The first-order valence-corrected chi connectivity index (χ1v) is 8.89. The number of halogens is 1. The summed E-state index contributed by atoms with van der Waals surface area (Å²) in [5.74, 6) is -0.312. The third kappa shape index (κ3) is 3.04. The summed E-state index contributed by atoms with van der Waals surface area (Å²) < 4.78 is 11.5. The van der Waals surface area contributed by atoms with Crippen molar-refractivity contribution in [1.82, 2.24) is 0 Å². The number of carbonyl (C=O) groups excluding carboxylic acids is 2. The minimum Gasteiger partial charge on any atom is -0.455 e. The van der Waals surface area contributed by atoms with Crippen LogP contribution in [0.15, 0.2) is 53.0 Å². The predicted octanol–water partition coefficient (Wildman–Crippen LogP) is 5.31. The van der Waals surface area contributed by atoms with Gasteiger partial charge in [0.15, 0.2) is 0 Å². The van der Waals surface area contributed by atoms with Crippen LogP contribution in [0.1, 0.15) is 34.6 Å². The van der Waals surface area contributed by atoms with E-state index in [0.29, 0.717) is 39.1 Å². The molecule has 0 saturated heterocycles. The van der Waals surface area contributed by atoms with E-state index < -0.39 is 11.9 Å². The zero-order chi connectivity index (χ0) is 18.8. The first kappa shape index (κ1) is 17.9. The zero-order valence-electron chi connectivity index (χ0n) is 14.2. The maximum Gasteiger partial charge on any atom is 0.346 e. The van der Waals surface area contributed by atoms with Gasteiger partial charge in [-0.2, -0.15) is 0 Å². The third-order valence-electron chi connectivity index (χ3n) is 3.82. The maximum absolute atomic E-state index is 11.9. The summed E-state index contributed by atoms with van der Waals surface area (Å²) in [5, 5.41) is 1.18. The van der Waals surface area contributed by atoms with Crippen LogP contribution in [0.25, 0.3) is 10.8 Å². The lowest BCUT2D eigenvalue weighted by Crippen LogP contribution is -2.19. The van der Waals surface area contributed by atoms with Crippen molar-refractivity contribution in [3.8, 4) is 11.5 Å². The number of carbonyl (C=O) groups is 2. The summed E-state index contributed by atoms with van der Waals surface area (Å²) in [6.45, 7) is 4.00. The normalized spacial score (nSPS) is 12.3. The molecule has 4 rings (SSSR count). The molecule has 0 unspecified atom stereocenters. The van der Waals surface area contributed by atoms with Gasteiger partial charge in [0.05, 0.1) is 16.8 Å². The smallest absolute Gasteiger partial charge is 0.346 e. The number of anilines is 1. The molecule has 0 bridgehead atoms. The molecule has 3 aromatic carbocycles. The molecular weight excluding hydrogens is 398 g/mol.